The van der Waals surface area contributed by atoms with Gasteiger partial charge >= 0.3 is 11.9 Å². The third kappa shape index (κ3) is 9.25. The summed E-state index contributed by atoms with van der Waals surface area (Å²) in [5.41, 5.74) is 6.25. The van der Waals surface area contributed by atoms with Gasteiger partial charge in [-0.15, -0.1) is 0 Å². The number of nitrogens with two attached hydrogens (primary N) is 1. The molecule has 39 heavy (non-hydrogen) atoms. The van der Waals surface area contributed by atoms with Gasteiger partial charge in [0.2, 0.25) is 23.6 Å². The Balaban J connectivity index is 2.09. The van der Waals surface area contributed by atoms with E-state index >= 15 is 0 Å². The third-order valence-corrected chi connectivity index (χ3v) is 6.25. The predicted octanol–water partition coefficient (Wildman–Crippen LogP) is -1.30. The van der Waals surface area contributed by atoms with Crippen molar-refractivity contribution in [1.82, 2.24) is 20.9 Å². The van der Waals surface area contributed by atoms with Gasteiger partial charge in [-0.3, -0.25) is 24.0 Å². The summed E-state index contributed by atoms with van der Waals surface area (Å²) >= 11 is 0. The van der Waals surface area contributed by atoms with Crippen molar-refractivity contribution in [2.45, 2.75) is 76.2 Å². The molecule has 1 heterocycles. The maximum Gasteiger partial charge on any atom is 0.326 e. The summed E-state index contributed by atoms with van der Waals surface area (Å²) in [6.07, 6.45) is -0.00659. The van der Waals surface area contributed by atoms with Gasteiger partial charge in [0.25, 0.3) is 0 Å². The van der Waals surface area contributed by atoms with Gasteiger partial charge in [0.15, 0.2) is 0 Å². The zero-order chi connectivity index (χ0) is 29.3. The first kappa shape index (κ1) is 31.0. The van der Waals surface area contributed by atoms with Gasteiger partial charge < -0.3 is 41.9 Å². The fourth-order valence-electron chi connectivity index (χ4n) is 4.10. The normalized spacial score (nSPS) is 17.8. The minimum Gasteiger partial charge on any atom is -0.508 e. The Morgan fingerprint density at radius 3 is 2.18 bits per heavy atom. The molecule has 14 nitrogen and oxygen atoms in total. The zero-order valence-electron chi connectivity index (χ0n) is 21.8. The van der Waals surface area contributed by atoms with E-state index in [4.69, 9.17) is 10.8 Å². The number of hydrogen-bond acceptors (Lipinski definition) is 8. The molecule has 214 valence electrons. The molecular weight excluding hydrogens is 514 g/mol. The molecule has 0 saturated carbocycles. The SMILES string of the molecule is C[C@H](N)C(=O)N[C@@H](Cc1ccc(O)cc1)C(=O)N[C@@H](C)C(=O)N1CCC[C@H]1C(=O)N[C@@H](CCC(=O)O)C(=O)O. The third-order valence-electron chi connectivity index (χ3n) is 6.25. The van der Waals surface area contributed by atoms with Crippen LogP contribution in [0.15, 0.2) is 24.3 Å². The molecule has 4 amide bonds. The molecule has 1 saturated heterocycles. The van der Waals surface area contributed by atoms with Gasteiger partial charge in [0.05, 0.1) is 6.04 Å². The van der Waals surface area contributed by atoms with E-state index in [0.29, 0.717) is 12.0 Å². The number of benzene rings is 1. The maximum absolute atomic E-state index is 13.2. The lowest BCUT2D eigenvalue weighted by Crippen LogP contribution is -2.57. The fourth-order valence-corrected chi connectivity index (χ4v) is 4.10. The molecule has 1 aliphatic rings. The smallest absolute Gasteiger partial charge is 0.326 e. The van der Waals surface area contributed by atoms with Crippen molar-refractivity contribution in [1.29, 1.82) is 0 Å². The highest BCUT2D eigenvalue weighted by Crippen LogP contribution is 2.19. The van der Waals surface area contributed by atoms with Crippen LogP contribution in [-0.4, -0.2) is 92.5 Å². The Kier molecular flexibility index (Phi) is 11.2. The van der Waals surface area contributed by atoms with E-state index in [9.17, 15) is 39.0 Å². The number of amides is 4. The van der Waals surface area contributed by atoms with Crippen LogP contribution in [0.1, 0.15) is 45.1 Å². The number of rotatable bonds is 13. The van der Waals surface area contributed by atoms with Crippen molar-refractivity contribution in [2.75, 3.05) is 6.54 Å². The van der Waals surface area contributed by atoms with Gasteiger partial charge in [-0.05, 0) is 50.8 Å². The first-order valence-electron chi connectivity index (χ1n) is 12.5. The van der Waals surface area contributed by atoms with Crippen molar-refractivity contribution < 1.29 is 44.1 Å². The number of carboxylic acids is 2. The lowest BCUT2D eigenvalue weighted by molar-refractivity contribution is -0.145. The molecule has 0 spiro atoms. The van der Waals surface area contributed by atoms with Crippen molar-refractivity contribution in [2.24, 2.45) is 5.73 Å². The Bertz CT molecular complexity index is 1080. The second kappa shape index (κ2) is 14.1. The summed E-state index contributed by atoms with van der Waals surface area (Å²) < 4.78 is 0. The molecule has 14 heteroatoms. The van der Waals surface area contributed by atoms with Crippen LogP contribution in [0, 0.1) is 0 Å². The van der Waals surface area contributed by atoms with Crippen LogP contribution >= 0.6 is 0 Å². The van der Waals surface area contributed by atoms with Gasteiger partial charge in [-0.2, -0.15) is 0 Å². The standard InChI is InChI=1S/C25H35N5O9/c1-13(26)21(34)29-18(12-15-5-7-16(31)8-6-15)22(35)27-14(2)24(37)30-11-3-4-19(30)23(36)28-17(25(38)39)9-10-20(32)33/h5-8,13-14,17-19,31H,3-4,9-12,26H2,1-2H3,(H,27,35)(H,28,36)(H,29,34)(H,32,33)(H,38,39)/t13-,14-,17-,18-,19-/m0/s1. The van der Waals surface area contributed by atoms with Crippen molar-refractivity contribution >= 4 is 35.6 Å². The highest BCUT2D eigenvalue weighted by atomic mass is 16.4. The zero-order valence-corrected chi connectivity index (χ0v) is 21.8. The van der Waals surface area contributed by atoms with Crippen LogP contribution in [0.3, 0.4) is 0 Å². The van der Waals surface area contributed by atoms with Gasteiger partial charge in [-0.25, -0.2) is 4.79 Å². The summed E-state index contributed by atoms with van der Waals surface area (Å²) in [7, 11) is 0. The number of phenolic OH excluding ortho intramolecular Hbond substituents is 1. The minimum absolute atomic E-state index is 0.0272. The highest BCUT2D eigenvalue weighted by Gasteiger charge is 2.38. The van der Waals surface area contributed by atoms with E-state index in [1.54, 1.807) is 12.1 Å². The van der Waals surface area contributed by atoms with Crippen molar-refractivity contribution in [3.05, 3.63) is 29.8 Å². The number of nitrogens with one attached hydrogen (secondary N) is 3. The number of nitrogens with zero attached hydrogens (tertiary/aromatic N) is 1. The molecule has 1 aliphatic heterocycles. The van der Waals surface area contributed by atoms with E-state index in [2.05, 4.69) is 16.0 Å². The predicted molar refractivity (Wildman–Crippen MR) is 136 cm³/mol. The second-order valence-corrected chi connectivity index (χ2v) is 9.47. The highest BCUT2D eigenvalue weighted by molar-refractivity contribution is 5.95. The van der Waals surface area contributed by atoms with Crippen LogP contribution in [0.25, 0.3) is 0 Å². The Morgan fingerprint density at radius 1 is 0.974 bits per heavy atom. The molecule has 0 aromatic heterocycles. The maximum atomic E-state index is 13.2. The van der Waals surface area contributed by atoms with Gasteiger partial charge in [0.1, 0.15) is 29.9 Å². The largest absolute Gasteiger partial charge is 0.508 e. The Hall–Kier alpha value is -4.20. The molecule has 2 rings (SSSR count). The first-order chi connectivity index (χ1) is 18.3. The Morgan fingerprint density at radius 2 is 1.62 bits per heavy atom. The molecule has 0 unspecified atom stereocenters. The molecule has 1 aromatic rings. The van der Waals surface area contributed by atoms with Crippen molar-refractivity contribution in [3.63, 3.8) is 0 Å². The van der Waals surface area contributed by atoms with Gasteiger partial charge in [0, 0.05) is 19.4 Å². The summed E-state index contributed by atoms with van der Waals surface area (Å²) in [5, 5.41) is 35.0. The van der Waals surface area contributed by atoms with Crippen LogP contribution in [-0.2, 0) is 35.2 Å². The molecule has 0 aliphatic carbocycles. The lowest BCUT2D eigenvalue weighted by Gasteiger charge is -2.29. The van der Waals surface area contributed by atoms with Crippen molar-refractivity contribution in [3.8, 4) is 5.75 Å². The van der Waals surface area contributed by atoms with E-state index in [1.807, 2.05) is 0 Å². The van der Waals surface area contributed by atoms with Gasteiger partial charge in [-0.1, -0.05) is 12.1 Å². The average Bonchev–Trinajstić information content (AvgIpc) is 3.36. The number of likely N-dealkylation sites (tertiary alicyclic amines) is 1. The summed E-state index contributed by atoms with van der Waals surface area (Å²) in [6, 6.07) is 0.513. The van der Waals surface area contributed by atoms with E-state index in [1.165, 1.54) is 30.9 Å². The summed E-state index contributed by atoms with van der Waals surface area (Å²) in [6.45, 7) is 3.07. The van der Waals surface area contributed by atoms with E-state index in [0.717, 1.165) is 0 Å². The number of carboxylic acid groups (broad SMARTS) is 2. The van der Waals surface area contributed by atoms with Crippen LogP contribution < -0.4 is 21.7 Å². The number of aliphatic carboxylic acids is 2. The number of hydrogen-bond donors (Lipinski definition) is 7. The molecule has 1 fully saturated rings. The number of carbonyl (C=O) groups excluding carboxylic acids is 4. The van der Waals surface area contributed by atoms with Crippen LogP contribution in [0.2, 0.25) is 0 Å². The second-order valence-electron chi connectivity index (χ2n) is 9.47. The first-order valence-corrected chi connectivity index (χ1v) is 12.5. The topological polar surface area (TPSA) is 228 Å². The summed E-state index contributed by atoms with van der Waals surface area (Å²) in [5.74, 6) is -5.14. The summed E-state index contributed by atoms with van der Waals surface area (Å²) in [4.78, 5) is 74.8. The Labute approximate surface area is 224 Å². The fraction of sp³-hybridized carbons (Fsp3) is 0.520. The average molecular weight is 550 g/mol. The monoisotopic (exact) mass is 549 g/mol. The van der Waals surface area contributed by atoms with Crippen LogP contribution in [0.4, 0.5) is 0 Å². The molecule has 5 atom stereocenters. The quantitative estimate of drug-likeness (QED) is 0.154. The van der Waals surface area contributed by atoms with E-state index in [-0.39, 0.29) is 31.6 Å². The lowest BCUT2D eigenvalue weighted by atomic mass is 10.0. The molecule has 8 N–H and O–H groups in total. The molecular formula is C25H35N5O9. The number of phenols is 1. The molecule has 0 radical (unpaired) electrons. The van der Waals surface area contributed by atoms with E-state index < -0.39 is 72.2 Å². The molecule has 0 bridgehead atoms. The number of carbonyl (C=O) groups is 6. The van der Waals surface area contributed by atoms with Crippen LogP contribution in [0.5, 0.6) is 5.75 Å². The molecule has 1 aromatic carbocycles. The minimum atomic E-state index is -1.43. The number of aromatic hydroxyl groups is 1.